The van der Waals surface area contributed by atoms with E-state index in [0.29, 0.717) is 71.3 Å². The maximum Gasteiger partial charge on any atom is 0.333 e. The van der Waals surface area contributed by atoms with Gasteiger partial charge in [0.05, 0.1) is 47.8 Å². The van der Waals surface area contributed by atoms with E-state index in [-0.39, 0.29) is 37.1 Å². The average molecular weight is 857 g/mol. The van der Waals surface area contributed by atoms with Gasteiger partial charge in [0.2, 0.25) is 0 Å². The van der Waals surface area contributed by atoms with E-state index in [1.165, 1.54) is 12.7 Å². The molecule has 1 spiro atoms. The zero-order chi connectivity index (χ0) is 44.8. The highest BCUT2D eigenvalue weighted by atomic mass is 16.6. The third kappa shape index (κ3) is 6.38. The van der Waals surface area contributed by atoms with Crippen molar-refractivity contribution in [1.82, 2.24) is 5.32 Å². The Hall–Kier alpha value is -5.10. The molecule has 7 atom stereocenters. The molecule has 11 heteroatoms. The number of fused-ring (bicyclic) bond motifs is 6. The van der Waals surface area contributed by atoms with Crippen LogP contribution in [0.4, 0.5) is 0 Å². The summed E-state index contributed by atoms with van der Waals surface area (Å²) in [5.74, 6) is -1.13. The number of hydrogen-bond acceptors (Lipinski definition) is 11. The molecule has 4 aliphatic heterocycles. The summed E-state index contributed by atoms with van der Waals surface area (Å²) < 4.78 is 34.4. The molecule has 4 fully saturated rings. The zero-order valence-electron chi connectivity index (χ0n) is 38.0. The van der Waals surface area contributed by atoms with Crippen molar-refractivity contribution in [3.05, 3.63) is 98.7 Å². The summed E-state index contributed by atoms with van der Waals surface area (Å²) in [5, 5.41) is 12.8. The van der Waals surface area contributed by atoms with Crippen LogP contribution in [0.15, 0.2) is 75.9 Å². The third-order valence-corrected chi connectivity index (χ3v) is 14.5. The normalized spacial score (nSPS) is 29.7. The quantitative estimate of drug-likeness (QED) is 0.0829. The molecule has 1 saturated heterocycles. The summed E-state index contributed by atoms with van der Waals surface area (Å²) in [4.78, 5) is 49.1. The number of ether oxygens (including phenoxy) is 5. The first-order valence-electron chi connectivity index (χ1n) is 22.5. The predicted octanol–water partition coefficient (Wildman–Crippen LogP) is 8.12. The Labute approximate surface area is 370 Å². The number of aliphatic imine (C=N–C) groups is 1. The number of nitrogens with one attached hydrogen (secondary N) is 1. The van der Waals surface area contributed by atoms with Crippen LogP contribution in [-0.4, -0.2) is 84.2 Å². The maximum absolute atomic E-state index is 15.8. The van der Waals surface area contributed by atoms with Crippen molar-refractivity contribution in [1.29, 1.82) is 0 Å². The maximum atomic E-state index is 15.8. The number of ketones is 2. The molecule has 0 radical (unpaired) electrons. The number of esters is 1. The van der Waals surface area contributed by atoms with E-state index in [1.54, 1.807) is 13.0 Å². The SMILES string of the molecule is COC(=O)C(C)=CCC12OC(C)(C)C3CC(C1=O)C1C4=C(N=C5c6ccccc6C(=O)C51)c1c(OCCNCCO)c5c(c(CC=C(C)C)c1OC432)OC(C)(CCC=C(C)C)C=C5. The number of aliphatic hydroxyl groups excluding tert-OH is 1. The van der Waals surface area contributed by atoms with Crippen molar-refractivity contribution >= 4 is 35.0 Å². The van der Waals surface area contributed by atoms with E-state index in [4.69, 9.17) is 28.7 Å². The lowest BCUT2D eigenvalue weighted by molar-refractivity contribution is -0.183. The first-order chi connectivity index (χ1) is 30.0. The van der Waals surface area contributed by atoms with E-state index in [0.717, 1.165) is 40.7 Å². The smallest absolute Gasteiger partial charge is 0.333 e. The second-order valence-electron chi connectivity index (χ2n) is 19.5. The molecule has 4 aliphatic carbocycles. The molecular weight excluding hydrogens is 797 g/mol. The minimum atomic E-state index is -1.58. The van der Waals surface area contributed by atoms with Crippen LogP contribution in [0.5, 0.6) is 17.2 Å². The van der Waals surface area contributed by atoms with Crippen molar-refractivity contribution in [2.24, 2.45) is 28.7 Å². The van der Waals surface area contributed by atoms with Crippen LogP contribution >= 0.6 is 0 Å². The first-order valence-corrected chi connectivity index (χ1v) is 22.5. The fraction of sp³-hybridized carbons (Fsp3) is 0.500. The number of nitrogens with zero attached hydrogens (tertiary/aromatic N) is 1. The molecule has 3 saturated carbocycles. The van der Waals surface area contributed by atoms with E-state index in [1.807, 2.05) is 38.1 Å². The summed E-state index contributed by atoms with van der Waals surface area (Å²) in [7, 11) is 1.34. The van der Waals surface area contributed by atoms with Crippen molar-refractivity contribution < 1.29 is 43.2 Å². The van der Waals surface area contributed by atoms with Gasteiger partial charge in [-0.2, -0.15) is 0 Å². The van der Waals surface area contributed by atoms with Crippen LogP contribution in [0, 0.1) is 23.7 Å². The highest BCUT2D eigenvalue weighted by Gasteiger charge is 2.84. The van der Waals surface area contributed by atoms with Gasteiger partial charge in [-0.15, -0.1) is 0 Å². The number of methoxy groups -OCH3 is 1. The standard InChI is InChI=1S/C52H60N2O9/c1-28(2)13-12-20-50(8)21-19-34-44(61-50)33(17-16-29(3)4)46-39(45(34)60-26-24-53-23-25-55)42-40-37(38-41(54-42)31-14-10-11-15-32(31)43(38)56)35-27-36-49(6,7)63-51(47(35)57,52(36,40)62-46)22-18-30(5)48(58)59-9/h10-11,13-16,18-19,21,35-38,53,55H,12,17,20,22-27H2,1-9H3. The van der Waals surface area contributed by atoms with E-state index in [9.17, 15) is 14.7 Å². The summed E-state index contributed by atoms with van der Waals surface area (Å²) in [6.07, 6.45) is 12.9. The number of benzene rings is 2. The number of carbonyl (C=O) groups is 3. The second-order valence-corrected chi connectivity index (χ2v) is 19.5. The molecule has 0 aromatic heterocycles. The Morgan fingerprint density at radius 3 is 2.44 bits per heavy atom. The van der Waals surface area contributed by atoms with Gasteiger partial charge in [0.15, 0.2) is 22.8 Å². The molecule has 7 unspecified atom stereocenters. The fourth-order valence-electron chi connectivity index (χ4n) is 11.8. The largest absolute Gasteiger partial charge is 0.491 e. The molecule has 0 amide bonds. The molecular formula is C52H60N2O9. The number of Topliss-reactive ketones (excluding diaryl/α,β-unsaturated/α-hetero) is 2. The Kier molecular flexibility index (Phi) is 10.7. The van der Waals surface area contributed by atoms with Gasteiger partial charge >= 0.3 is 5.97 Å². The van der Waals surface area contributed by atoms with Gasteiger partial charge in [0.1, 0.15) is 29.5 Å². The highest BCUT2D eigenvalue weighted by Crippen LogP contribution is 2.74. The summed E-state index contributed by atoms with van der Waals surface area (Å²) in [6.45, 7) is 17.3. The first kappa shape index (κ1) is 43.2. The van der Waals surface area contributed by atoms with E-state index in [2.05, 4.69) is 64.2 Å². The number of allylic oxidation sites excluding steroid dienone is 4. The molecule has 2 aromatic carbocycles. The Morgan fingerprint density at radius 2 is 1.73 bits per heavy atom. The predicted molar refractivity (Wildman–Crippen MR) is 241 cm³/mol. The van der Waals surface area contributed by atoms with Gasteiger partial charge in [0, 0.05) is 65.1 Å². The lowest BCUT2D eigenvalue weighted by Gasteiger charge is -2.62. The van der Waals surface area contributed by atoms with E-state index >= 15 is 4.79 Å². The van der Waals surface area contributed by atoms with Gasteiger partial charge in [-0.25, -0.2) is 4.79 Å². The van der Waals surface area contributed by atoms with Crippen molar-refractivity contribution in [2.45, 2.75) is 110 Å². The lowest BCUT2D eigenvalue weighted by atomic mass is 9.43. The fourth-order valence-corrected chi connectivity index (χ4v) is 11.8. The van der Waals surface area contributed by atoms with Gasteiger partial charge in [-0.3, -0.25) is 14.6 Å². The molecule has 63 heavy (non-hydrogen) atoms. The Balaban J connectivity index is 1.37. The third-order valence-electron chi connectivity index (χ3n) is 14.5. The van der Waals surface area contributed by atoms with Crippen LogP contribution in [-0.2, 0) is 25.5 Å². The Bertz CT molecular complexity index is 2510. The highest BCUT2D eigenvalue weighted by molar-refractivity contribution is 6.31. The topological polar surface area (TPSA) is 142 Å². The van der Waals surface area contributed by atoms with E-state index < -0.39 is 46.1 Å². The van der Waals surface area contributed by atoms with Gasteiger partial charge < -0.3 is 34.1 Å². The van der Waals surface area contributed by atoms with Crippen molar-refractivity contribution in [3.63, 3.8) is 0 Å². The molecule has 11 nitrogen and oxygen atoms in total. The average Bonchev–Trinajstić information content (AvgIpc) is 3.61. The van der Waals surface area contributed by atoms with Crippen LogP contribution in [0.1, 0.15) is 114 Å². The zero-order valence-corrected chi connectivity index (χ0v) is 38.0. The molecule has 332 valence electrons. The summed E-state index contributed by atoms with van der Waals surface area (Å²) in [5.41, 5.74) is 3.88. The second kappa shape index (κ2) is 15.6. The van der Waals surface area contributed by atoms with Crippen LogP contribution in [0.2, 0.25) is 0 Å². The minimum Gasteiger partial charge on any atom is -0.491 e. The molecule has 4 heterocycles. The summed E-state index contributed by atoms with van der Waals surface area (Å²) >= 11 is 0. The molecule has 10 rings (SSSR count). The van der Waals surface area contributed by atoms with Crippen LogP contribution < -0.4 is 19.5 Å². The number of hydrogen-bond donors (Lipinski definition) is 2. The molecule has 4 bridgehead atoms. The summed E-state index contributed by atoms with van der Waals surface area (Å²) in [6, 6.07) is 7.62. The minimum absolute atomic E-state index is 0.00621. The number of rotatable bonds is 14. The van der Waals surface area contributed by atoms with Crippen LogP contribution in [0.3, 0.4) is 0 Å². The van der Waals surface area contributed by atoms with Crippen molar-refractivity contribution in [3.8, 4) is 17.2 Å². The van der Waals surface area contributed by atoms with Crippen molar-refractivity contribution in [2.75, 3.05) is 33.4 Å². The molecule has 2 aromatic rings. The monoisotopic (exact) mass is 856 g/mol. The Morgan fingerprint density at radius 1 is 0.984 bits per heavy atom. The molecule has 2 N–H and O–H groups in total. The van der Waals surface area contributed by atoms with Gasteiger partial charge in [-0.05, 0) is 93.2 Å². The van der Waals surface area contributed by atoms with Crippen LogP contribution in [0.25, 0.3) is 11.8 Å². The van der Waals surface area contributed by atoms with Gasteiger partial charge in [0.25, 0.3) is 0 Å². The lowest BCUT2D eigenvalue weighted by Crippen LogP contribution is -2.75. The molecule has 8 aliphatic rings. The number of aliphatic hydroxyl groups is 1. The number of carbonyl (C=O) groups excluding carboxylic acids is 3. The van der Waals surface area contributed by atoms with Gasteiger partial charge in [-0.1, -0.05) is 53.6 Å².